The number of rotatable bonds is 4. The van der Waals surface area contributed by atoms with Gasteiger partial charge in [-0.05, 0) is 50.4 Å². The molecule has 3 nitrogen and oxygen atoms in total. The molecule has 3 rings (SSSR count). The zero-order valence-corrected chi connectivity index (χ0v) is 13.3. The van der Waals surface area contributed by atoms with Gasteiger partial charge in [0.2, 0.25) is 0 Å². The van der Waals surface area contributed by atoms with Crippen molar-refractivity contribution in [2.45, 2.75) is 44.7 Å². The Morgan fingerprint density at radius 1 is 1.14 bits per heavy atom. The molecule has 0 spiro atoms. The normalized spacial score (nSPS) is 26.1. The molecule has 2 atom stereocenters. The van der Waals surface area contributed by atoms with Crippen LogP contribution < -0.4 is 5.73 Å². The Labute approximate surface area is 129 Å². The first kappa shape index (κ1) is 15.0. The standard InChI is InChI=1S/C18H29N3/c1-15-7-3-4-8-17(15)18(13-19)21-12-9-16(14-21)20-10-5-2-6-11-20/h3-4,7-8,16,18H,2,5-6,9-14,19H2,1H3. The van der Waals surface area contributed by atoms with Gasteiger partial charge in [-0.1, -0.05) is 30.7 Å². The van der Waals surface area contributed by atoms with E-state index in [4.69, 9.17) is 5.73 Å². The molecule has 0 bridgehead atoms. The second-order valence-electron chi connectivity index (χ2n) is 6.64. The van der Waals surface area contributed by atoms with Gasteiger partial charge in [-0.2, -0.15) is 0 Å². The lowest BCUT2D eigenvalue weighted by molar-refractivity contribution is 0.152. The summed E-state index contributed by atoms with van der Waals surface area (Å²) in [5.41, 5.74) is 8.91. The number of hydrogen-bond acceptors (Lipinski definition) is 3. The summed E-state index contributed by atoms with van der Waals surface area (Å²) < 4.78 is 0. The topological polar surface area (TPSA) is 32.5 Å². The van der Waals surface area contributed by atoms with Crippen molar-refractivity contribution < 1.29 is 0 Å². The van der Waals surface area contributed by atoms with Crippen LogP contribution in [0.15, 0.2) is 24.3 Å². The molecule has 0 aliphatic carbocycles. The number of benzene rings is 1. The Morgan fingerprint density at radius 2 is 1.90 bits per heavy atom. The molecule has 0 saturated carbocycles. The Morgan fingerprint density at radius 3 is 2.62 bits per heavy atom. The molecular formula is C18H29N3. The van der Waals surface area contributed by atoms with E-state index < -0.39 is 0 Å². The molecule has 0 amide bonds. The van der Waals surface area contributed by atoms with Crippen LogP contribution in [-0.2, 0) is 0 Å². The highest BCUT2D eigenvalue weighted by molar-refractivity contribution is 5.29. The van der Waals surface area contributed by atoms with E-state index in [0.717, 1.165) is 12.6 Å². The van der Waals surface area contributed by atoms with Crippen molar-refractivity contribution in [2.24, 2.45) is 5.73 Å². The second-order valence-corrected chi connectivity index (χ2v) is 6.64. The lowest BCUT2D eigenvalue weighted by Crippen LogP contribution is -2.42. The van der Waals surface area contributed by atoms with Crippen LogP contribution in [0.2, 0.25) is 0 Å². The van der Waals surface area contributed by atoms with Crippen LogP contribution in [0.25, 0.3) is 0 Å². The largest absolute Gasteiger partial charge is 0.329 e. The molecule has 2 saturated heterocycles. The molecule has 1 aromatic carbocycles. The number of aryl methyl sites for hydroxylation is 1. The molecule has 116 valence electrons. The molecule has 2 aliphatic heterocycles. The predicted molar refractivity (Wildman–Crippen MR) is 88.4 cm³/mol. The maximum atomic E-state index is 6.12. The first-order chi connectivity index (χ1) is 10.3. The molecule has 21 heavy (non-hydrogen) atoms. The number of likely N-dealkylation sites (tertiary alicyclic amines) is 2. The summed E-state index contributed by atoms with van der Waals surface area (Å²) in [6.45, 7) is 7.91. The average Bonchev–Trinajstić information content (AvgIpc) is 3.00. The van der Waals surface area contributed by atoms with Crippen molar-refractivity contribution in [2.75, 3.05) is 32.7 Å². The summed E-state index contributed by atoms with van der Waals surface area (Å²) in [7, 11) is 0. The highest BCUT2D eigenvalue weighted by Crippen LogP contribution is 2.29. The van der Waals surface area contributed by atoms with Gasteiger partial charge < -0.3 is 5.73 Å². The van der Waals surface area contributed by atoms with Crippen LogP contribution in [0.1, 0.15) is 42.9 Å². The van der Waals surface area contributed by atoms with Gasteiger partial charge in [0.15, 0.2) is 0 Å². The van der Waals surface area contributed by atoms with Gasteiger partial charge in [0, 0.05) is 31.7 Å². The van der Waals surface area contributed by atoms with Gasteiger partial charge >= 0.3 is 0 Å². The number of piperidine rings is 1. The van der Waals surface area contributed by atoms with Crippen LogP contribution in [0.3, 0.4) is 0 Å². The van der Waals surface area contributed by atoms with Crippen LogP contribution in [0.5, 0.6) is 0 Å². The third-order valence-electron chi connectivity index (χ3n) is 5.31. The fourth-order valence-corrected chi connectivity index (χ4v) is 4.07. The number of nitrogens with two attached hydrogens (primary N) is 1. The van der Waals surface area contributed by atoms with Crippen molar-refractivity contribution in [3.63, 3.8) is 0 Å². The zero-order valence-electron chi connectivity index (χ0n) is 13.3. The minimum Gasteiger partial charge on any atom is -0.329 e. The Bertz CT molecular complexity index is 454. The molecular weight excluding hydrogens is 258 g/mol. The minimum atomic E-state index is 0.390. The summed E-state index contributed by atoms with van der Waals surface area (Å²) >= 11 is 0. The smallest absolute Gasteiger partial charge is 0.0473 e. The maximum Gasteiger partial charge on any atom is 0.0473 e. The number of nitrogens with zero attached hydrogens (tertiary/aromatic N) is 2. The molecule has 0 radical (unpaired) electrons. The van der Waals surface area contributed by atoms with Gasteiger partial charge in [0.25, 0.3) is 0 Å². The van der Waals surface area contributed by atoms with Gasteiger partial charge in [-0.25, -0.2) is 0 Å². The second kappa shape index (κ2) is 6.91. The van der Waals surface area contributed by atoms with Gasteiger partial charge in [-0.3, -0.25) is 9.80 Å². The number of hydrogen-bond donors (Lipinski definition) is 1. The summed E-state index contributed by atoms with van der Waals surface area (Å²) in [6, 6.07) is 9.86. The van der Waals surface area contributed by atoms with E-state index in [9.17, 15) is 0 Å². The van der Waals surface area contributed by atoms with Crippen LogP contribution >= 0.6 is 0 Å². The van der Waals surface area contributed by atoms with Gasteiger partial charge in [0.05, 0.1) is 0 Å². The first-order valence-electron chi connectivity index (χ1n) is 8.53. The van der Waals surface area contributed by atoms with Crippen LogP contribution in [-0.4, -0.2) is 48.6 Å². The first-order valence-corrected chi connectivity index (χ1v) is 8.53. The van der Waals surface area contributed by atoms with Gasteiger partial charge in [-0.15, -0.1) is 0 Å². The molecule has 2 heterocycles. The predicted octanol–water partition coefficient (Wildman–Crippen LogP) is 2.56. The lowest BCUT2D eigenvalue weighted by Gasteiger charge is -2.33. The third-order valence-corrected chi connectivity index (χ3v) is 5.31. The van der Waals surface area contributed by atoms with Crippen molar-refractivity contribution in [1.82, 2.24) is 9.80 Å². The van der Waals surface area contributed by atoms with E-state index in [1.165, 1.54) is 63.0 Å². The fourth-order valence-electron chi connectivity index (χ4n) is 4.07. The maximum absolute atomic E-state index is 6.12. The average molecular weight is 287 g/mol. The molecule has 1 aromatic rings. The van der Waals surface area contributed by atoms with Crippen LogP contribution in [0, 0.1) is 6.92 Å². The SMILES string of the molecule is Cc1ccccc1C(CN)N1CCC(N2CCCCC2)C1. The van der Waals surface area contributed by atoms with Crippen molar-refractivity contribution in [3.05, 3.63) is 35.4 Å². The zero-order chi connectivity index (χ0) is 14.7. The molecule has 2 aliphatic rings. The van der Waals surface area contributed by atoms with Crippen LogP contribution in [0.4, 0.5) is 0 Å². The molecule has 3 heteroatoms. The van der Waals surface area contributed by atoms with E-state index in [0.29, 0.717) is 6.04 Å². The highest BCUT2D eigenvalue weighted by Gasteiger charge is 2.32. The lowest BCUT2D eigenvalue weighted by atomic mass is 10.0. The van der Waals surface area contributed by atoms with Crippen molar-refractivity contribution in [3.8, 4) is 0 Å². The summed E-state index contributed by atoms with van der Waals surface area (Å²) in [6.07, 6.45) is 5.49. The van der Waals surface area contributed by atoms with E-state index in [1.54, 1.807) is 0 Å². The molecule has 2 fully saturated rings. The monoisotopic (exact) mass is 287 g/mol. The Kier molecular flexibility index (Phi) is 4.94. The third kappa shape index (κ3) is 3.31. The van der Waals surface area contributed by atoms with Gasteiger partial charge in [0.1, 0.15) is 0 Å². The summed E-state index contributed by atoms with van der Waals surface area (Å²) in [5.74, 6) is 0. The van der Waals surface area contributed by atoms with E-state index in [2.05, 4.69) is 41.0 Å². The molecule has 0 aromatic heterocycles. The minimum absolute atomic E-state index is 0.390. The highest BCUT2D eigenvalue weighted by atomic mass is 15.3. The van der Waals surface area contributed by atoms with Crippen molar-refractivity contribution in [1.29, 1.82) is 0 Å². The summed E-state index contributed by atoms with van der Waals surface area (Å²) in [5, 5.41) is 0. The Hall–Kier alpha value is -0.900. The van der Waals surface area contributed by atoms with E-state index in [-0.39, 0.29) is 0 Å². The molecule has 2 unspecified atom stereocenters. The summed E-state index contributed by atoms with van der Waals surface area (Å²) in [4.78, 5) is 5.33. The van der Waals surface area contributed by atoms with E-state index in [1.807, 2.05) is 0 Å². The Balaban J connectivity index is 1.67. The molecule has 2 N–H and O–H groups in total. The van der Waals surface area contributed by atoms with E-state index >= 15 is 0 Å². The van der Waals surface area contributed by atoms with Crippen molar-refractivity contribution >= 4 is 0 Å². The quantitative estimate of drug-likeness (QED) is 0.924. The fraction of sp³-hybridized carbons (Fsp3) is 0.667.